The summed E-state index contributed by atoms with van der Waals surface area (Å²) >= 11 is 0. The van der Waals surface area contributed by atoms with Crippen LogP contribution in [0.15, 0.2) is 54.7 Å². The smallest absolute Gasteiger partial charge is 0.408 e. The minimum Gasteiger partial charge on any atom is -0.478 e. The number of para-hydroxylation sites is 1. The molecule has 0 aliphatic carbocycles. The predicted molar refractivity (Wildman–Crippen MR) is 96.9 cm³/mol. The van der Waals surface area contributed by atoms with E-state index in [-0.39, 0.29) is 11.3 Å². The number of aromatic carboxylic acids is 1. The first kappa shape index (κ1) is 19.2. The van der Waals surface area contributed by atoms with Crippen LogP contribution in [0.25, 0.3) is 17.0 Å². The van der Waals surface area contributed by atoms with Crippen LogP contribution in [0.2, 0.25) is 0 Å². The van der Waals surface area contributed by atoms with Crippen molar-refractivity contribution in [3.63, 3.8) is 0 Å². The lowest BCUT2D eigenvalue weighted by Gasteiger charge is -2.07. The molecule has 0 aliphatic heterocycles. The van der Waals surface area contributed by atoms with Crippen molar-refractivity contribution in [2.45, 2.75) is 12.7 Å². The number of aromatic nitrogens is 2. The van der Waals surface area contributed by atoms with Crippen LogP contribution in [0, 0.1) is 0 Å². The van der Waals surface area contributed by atoms with Gasteiger partial charge in [-0.2, -0.15) is 18.3 Å². The van der Waals surface area contributed by atoms with Crippen molar-refractivity contribution in [3.05, 3.63) is 65.9 Å². The maximum Gasteiger partial charge on any atom is 0.408 e. The number of carboxylic acids is 1. The Morgan fingerprint density at radius 1 is 1.18 bits per heavy atom. The Bertz CT molecular complexity index is 1070. The molecule has 0 atom stereocenters. The van der Waals surface area contributed by atoms with Gasteiger partial charge in [0.05, 0.1) is 23.0 Å². The van der Waals surface area contributed by atoms with Crippen LogP contribution in [-0.4, -0.2) is 32.9 Å². The summed E-state index contributed by atoms with van der Waals surface area (Å²) in [6.07, 6.45) is -0.372. The highest BCUT2D eigenvalue weighted by atomic mass is 19.4. The number of alkyl halides is 3. The number of hydrogen-bond acceptors (Lipinski definition) is 3. The summed E-state index contributed by atoms with van der Waals surface area (Å²) < 4.78 is 38.5. The van der Waals surface area contributed by atoms with E-state index in [0.717, 1.165) is 4.68 Å². The Morgan fingerprint density at radius 3 is 2.64 bits per heavy atom. The first-order valence-corrected chi connectivity index (χ1v) is 8.07. The number of nitrogens with zero attached hydrogens (tertiary/aromatic N) is 2. The molecule has 1 amide bonds. The molecule has 0 unspecified atom stereocenters. The molecule has 6 nitrogen and oxygen atoms in total. The van der Waals surface area contributed by atoms with Crippen LogP contribution >= 0.6 is 0 Å². The molecule has 0 aliphatic rings. The molecule has 0 saturated heterocycles. The molecule has 1 heterocycles. The van der Waals surface area contributed by atoms with Gasteiger partial charge in [-0.1, -0.05) is 18.2 Å². The monoisotopic (exact) mass is 389 g/mol. The fraction of sp³-hybridized carbons (Fsp3) is 0.105. The van der Waals surface area contributed by atoms with Gasteiger partial charge in [-0.25, -0.2) is 4.79 Å². The third kappa shape index (κ3) is 4.56. The van der Waals surface area contributed by atoms with E-state index in [0.29, 0.717) is 16.5 Å². The van der Waals surface area contributed by atoms with Crippen molar-refractivity contribution in [1.29, 1.82) is 0 Å². The van der Waals surface area contributed by atoms with E-state index in [4.69, 9.17) is 5.11 Å². The van der Waals surface area contributed by atoms with Crippen LogP contribution in [0.3, 0.4) is 0 Å². The Labute approximate surface area is 156 Å². The lowest BCUT2D eigenvalue weighted by atomic mass is 10.1. The van der Waals surface area contributed by atoms with Gasteiger partial charge >= 0.3 is 12.1 Å². The van der Waals surface area contributed by atoms with E-state index in [1.165, 1.54) is 36.5 Å². The minimum absolute atomic E-state index is 0.0391. The summed E-state index contributed by atoms with van der Waals surface area (Å²) in [6, 6.07) is 10.6. The molecule has 0 bridgehead atoms. The van der Waals surface area contributed by atoms with Crippen molar-refractivity contribution in [1.82, 2.24) is 9.78 Å². The molecule has 144 valence electrons. The number of carbonyl (C=O) groups excluding carboxylic acids is 1. The number of benzene rings is 2. The topological polar surface area (TPSA) is 84.2 Å². The standard InChI is InChI=1S/C19H14F3N3O3/c20-19(21,22)11-25-16-7-5-12(9-13(16)10-23-25)6-8-17(26)24-15-4-2-1-3-14(15)18(27)28/h1-10H,11H2,(H,24,26)(H,27,28)/b8-6+. The number of carbonyl (C=O) groups is 2. The molecule has 0 spiro atoms. The molecule has 2 aromatic carbocycles. The normalized spacial score (nSPS) is 11.8. The van der Waals surface area contributed by atoms with Gasteiger partial charge in [0, 0.05) is 11.5 Å². The molecule has 0 radical (unpaired) electrons. The first-order chi connectivity index (χ1) is 13.2. The summed E-state index contributed by atoms with van der Waals surface area (Å²) in [5, 5.41) is 15.8. The van der Waals surface area contributed by atoms with Crippen LogP contribution in [0.5, 0.6) is 0 Å². The zero-order chi connectivity index (χ0) is 20.3. The van der Waals surface area contributed by atoms with E-state index in [1.54, 1.807) is 24.3 Å². The average molecular weight is 389 g/mol. The summed E-state index contributed by atoms with van der Waals surface area (Å²) in [4.78, 5) is 23.2. The number of anilines is 1. The number of fused-ring (bicyclic) bond motifs is 1. The van der Waals surface area contributed by atoms with Crippen molar-refractivity contribution >= 4 is 34.5 Å². The van der Waals surface area contributed by atoms with Crippen molar-refractivity contribution in [2.24, 2.45) is 0 Å². The predicted octanol–water partition coefficient (Wildman–Crippen LogP) is 3.95. The second kappa shape index (κ2) is 7.55. The van der Waals surface area contributed by atoms with Gasteiger partial charge in [0.15, 0.2) is 0 Å². The van der Waals surface area contributed by atoms with E-state index in [2.05, 4.69) is 10.4 Å². The van der Waals surface area contributed by atoms with Gasteiger partial charge in [-0.15, -0.1) is 0 Å². The molecule has 3 rings (SSSR count). The molecule has 2 N–H and O–H groups in total. The molecule has 28 heavy (non-hydrogen) atoms. The fourth-order valence-electron chi connectivity index (χ4n) is 2.63. The quantitative estimate of drug-likeness (QED) is 0.647. The highest BCUT2D eigenvalue weighted by Gasteiger charge is 2.29. The Balaban J connectivity index is 1.74. The van der Waals surface area contributed by atoms with E-state index in [9.17, 15) is 22.8 Å². The van der Waals surface area contributed by atoms with Crippen LogP contribution in [-0.2, 0) is 11.3 Å². The summed E-state index contributed by atoms with van der Waals surface area (Å²) in [5.41, 5.74) is 1.03. The minimum atomic E-state index is -4.37. The van der Waals surface area contributed by atoms with Gasteiger partial charge in [-0.05, 0) is 35.9 Å². The Morgan fingerprint density at radius 2 is 1.93 bits per heavy atom. The molecular formula is C19H14F3N3O3. The SMILES string of the molecule is O=C(/C=C/c1ccc2c(cnn2CC(F)(F)F)c1)Nc1ccccc1C(=O)O. The maximum atomic E-state index is 12.5. The molecule has 0 saturated carbocycles. The fourth-order valence-corrected chi connectivity index (χ4v) is 2.63. The van der Waals surface area contributed by atoms with Gasteiger partial charge in [0.1, 0.15) is 6.54 Å². The largest absolute Gasteiger partial charge is 0.478 e. The zero-order valence-corrected chi connectivity index (χ0v) is 14.3. The van der Waals surface area contributed by atoms with Crippen LogP contribution in [0.4, 0.5) is 18.9 Å². The third-order valence-corrected chi connectivity index (χ3v) is 3.84. The van der Waals surface area contributed by atoms with Crippen LogP contribution < -0.4 is 5.32 Å². The summed E-state index contributed by atoms with van der Waals surface area (Å²) in [7, 11) is 0. The summed E-state index contributed by atoms with van der Waals surface area (Å²) in [6.45, 7) is -1.18. The van der Waals surface area contributed by atoms with E-state index in [1.807, 2.05) is 0 Å². The van der Waals surface area contributed by atoms with E-state index < -0.39 is 24.6 Å². The Kier molecular flexibility index (Phi) is 5.16. The molecule has 0 fully saturated rings. The van der Waals surface area contributed by atoms with Crippen molar-refractivity contribution in [3.8, 4) is 0 Å². The van der Waals surface area contributed by atoms with Gasteiger partial charge in [-0.3, -0.25) is 9.48 Å². The zero-order valence-electron chi connectivity index (χ0n) is 14.3. The van der Waals surface area contributed by atoms with E-state index >= 15 is 0 Å². The van der Waals surface area contributed by atoms with Crippen LogP contribution in [0.1, 0.15) is 15.9 Å². The highest BCUT2D eigenvalue weighted by molar-refractivity contribution is 6.06. The number of nitrogens with one attached hydrogen (secondary N) is 1. The molecule has 3 aromatic rings. The highest BCUT2D eigenvalue weighted by Crippen LogP contribution is 2.22. The average Bonchev–Trinajstić information content (AvgIpc) is 3.00. The Hall–Kier alpha value is -3.62. The second-order valence-corrected chi connectivity index (χ2v) is 5.91. The third-order valence-electron chi connectivity index (χ3n) is 3.84. The second-order valence-electron chi connectivity index (χ2n) is 5.91. The number of amides is 1. The van der Waals surface area contributed by atoms with Gasteiger partial charge < -0.3 is 10.4 Å². The number of halogens is 3. The van der Waals surface area contributed by atoms with Crippen molar-refractivity contribution < 1.29 is 27.9 Å². The van der Waals surface area contributed by atoms with Crippen molar-refractivity contribution in [2.75, 3.05) is 5.32 Å². The van der Waals surface area contributed by atoms with Gasteiger partial charge in [0.25, 0.3) is 0 Å². The number of carboxylic acid groups (broad SMARTS) is 1. The molecular weight excluding hydrogens is 375 g/mol. The number of rotatable bonds is 5. The molecule has 1 aromatic heterocycles. The van der Waals surface area contributed by atoms with Gasteiger partial charge in [0.2, 0.25) is 5.91 Å². The number of hydrogen-bond donors (Lipinski definition) is 2. The summed E-state index contributed by atoms with van der Waals surface area (Å²) in [5.74, 6) is -1.71. The maximum absolute atomic E-state index is 12.5. The lowest BCUT2D eigenvalue weighted by molar-refractivity contribution is -0.141. The molecule has 9 heteroatoms. The first-order valence-electron chi connectivity index (χ1n) is 8.07. The lowest BCUT2D eigenvalue weighted by Crippen LogP contribution is -2.18.